The minimum atomic E-state index is 0.0374. The predicted molar refractivity (Wildman–Crippen MR) is 72.6 cm³/mol. The van der Waals surface area contributed by atoms with Gasteiger partial charge in [0.05, 0.1) is 18.0 Å². The molecule has 1 aromatic rings. The highest BCUT2D eigenvalue weighted by atomic mass is 16.2. The van der Waals surface area contributed by atoms with Crippen LogP contribution in [0.5, 0.6) is 0 Å². The molecule has 0 spiro atoms. The van der Waals surface area contributed by atoms with Crippen molar-refractivity contribution in [2.24, 2.45) is 5.73 Å². The number of hydrogen-bond acceptors (Lipinski definition) is 5. The van der Waals surface area contributed by atoms with Gasteiger partial charge < -0.3 is 10.6 Å². The summed E-state index contributed by atoms with van der Waals surface area (Å²) in [5, 5.41) is 7.43. The van der Waals surface area contributed by atoms with E-state index in [2.05, 4.69) is 22.0 Å². The summed E-state index contributed by atoms with van der Waals surface area (Å²) in [4.78, 5) is 16.5. The molecule has 1 unspecified atom stereocenters. The summed E-state index contributed by atoms with van der Waals surface area (Å²) in [7, 11) is 0. The second-order valence-corrected chi connectivity index (χ2v) is 4.76. The zero-order chi connectivity index (χ0) is 13.7. The van der Waals surface area contributed by atoms with Crippen LogP contribution in [0.15, 0.2) is 18.5 Å². The molecule has 6 nitrogen and oxygen atoms in total. The Morgan fingerprint density at radius 2 is 2.11 bits per heavy atom. The lowest BCUT2D eigenvalue weighted by atomic mass is 10.1. The van der Waals surface area contributed by atoms with Crippen LogP contribution in [0, 0.1) is 0 Å². The van der Waals surface area contributed by atoms with E-state index in [4.69, 9.17) is 5.73 Å². The van der Waals surface area contributed by atoms with Crippen LogP contribution in [0.2, 0.25) is 0 Å². The number of hydrogen-bond donors (Lipinski definition) is 1. The van der Waals surface area contributed by atoms with E-state index in [1.807, 2.05) is 4.90 Å². The second kappa shape index (κ2) is 6.58. The van der Waals surface area contributed by atoms with Gasteiger partial charge in [0, 0.05) is 38.8 Å². The maximum Gasteiger partial charge on any atom is 0.255 e. The van der Waals surface area contributed by atoms with Crippen molar-refractivity contribution in [3.63, 3.8) is 0 Å². The highest BCUT2D eigenvalue weighted by molar-refractivity contribution is 5.93. The van der Waals surface area contributed by atoms with E-state index < -0.39 is 0 Å². The molecule has 0 saturated carbocycles. The fraction of sp³-hybridized carbons (Fsp3) is 0.615. The highest BCUT2D eigenvalue weighted by Crippen LogP contribution is 2.11. The van der Waals surface area contributed by atoms with Crippen molar-refractivity contribution < 1.29 is 4.79 Å². The standard InChI is InChI=1S/C13H21N5O/c1-2-12(9-14)17-5-7-18(8-6-17)13(19)11-3-4-15-16-10-11/h3-4,10,12H,2,5-9,14H2,1H3. The lowest BCUT2D eigenvalue weighted by Crippen LogP contribution is -2.53. The number of carbonyl (C=O) groups is 1. The molecule has 0 aromatic carbocycles. The van der Waals surface area contributed by atoms with Crippen LogP contribution in [-0.4, -0.2) is 64.7 Å². The number of rotatable bonds is 4. The van der Waals surface area contributed by atoms with E-state index in [-0.39, 0.29) is 5.91 Å². The summed E-state index contributed by atoms with van der Waals surface area (Å²) < 4.78 is 0. The van der Waals surface area contributed by atoms with E-state index in [1.165, 1.54) is 6.20 Å². The molecule has 0 radical (unpaired) electrons. The Labute approximate surface area is 113 Å². The van der Waals surface area contributed by atoms with Crippen LogP contribution in [0.25, 0.3) is 0 Å². The van der Waals surface area contributed by atoms with Crippen LogP contribution in [-0.2, 0) is 0 Å². The van der Waals surface area contributed by atoms with Gasteiger partial charge in [0.25, 0.3) is 5.91 Å². The number of aromatic nitrogens is 2. The van der Waals surface area contributed by atoms with Crippen molar-refractivity contribution in [2.45, 2.75) is 19.4 Å². The van der Waals surface area contributed by atoms with Gasteiger partial charge in [0.1, 0.15) is 0 Å². The Bertz CT molecular complexity index is 399. The Kier molecular flexibility index (Phi) is 4.81. The van der Waals surface area contributed by atoms with Gasteiger partial charge in [0.15, 0.2) is 0 Å². The fourth-order valence-electron chi connectivity index (χ4n) is 2.46. The first-order chi connectivity index (χ1) is 9.26. The lowest BCUT2D eigenvalue weighted by Gasteiger charge is -2.38. The quantitative estimate of drug-likeness (QED) is 0.825. The third-order valence-corrected chi connectivity index (χ3v) is 3.69. The molecule has 1 fully saturated rings. The van der Waals surface area contributed by atoms with Gasteiger partial charge in [-0.2, -0.15) is 10.2 Å². The third-order valence-electron chi connectivity index (χ3n) is 3.69. The second-order valence-electron chi connectivity index (χ2n) is 4.76. The van der Waals surface area contributed by atoms with Gasteiger partial charge in [-0.3, -0.25) is 9.69 Å². The van der Waals surface area contributed by atoms with Crippen molar-refractivity contribution >= 4 is 5.91 Å². The average Bonchev–Trinajstić information content (AvgIpc) is 2.49. The zero-order valence-electron chi connectivity index (χ0n) is 11.3. The molecule has 2 heterocycles. The lowest BCUT2D eigenvalue weighted by molar-refractivity contribution is 0.0571. The van der Waals surface area contributed by atoms with Gasteiger partial charge in [-0.05, 0) is 12.5 Å². The number of amides is 1. The van der Waals surface area contributed by atoms with E-state index in [0.29, 0.717) is 18.2 Å². The number of piperazine rings is 1. The van der Waals surface area contributed by atoms with Crippen LogP contribution in [0.1, 0.15) is 23.7 Å². The topological polar surface area (TPSA) is 75.3 Å². The number of nitrogens with two attached hydrogens (primary N) is 1. The largest absolute Gasteiger partial charge is 0.336 e. The van der Waals surface area contributed by atoms with Crippen molar-refractivity contribution in [3.8, 4) is 0 Å². The Morgan fingerprint density at radius 1 is 1.37 bits per heavy atom. The molecule has 6 heteroatoms. The molecule has 2 N–H and O–H groups in total. The van der Waals surface area contributed by atoms with Gasteiger partial charge in [0.2, 0.25) is 0 Å². The monoisotopic (exact) mass is 263 g/mol. The SMILES string of the molecule is CCC(CN)N1CCN(C(=O)c2ccnnc2)CC1. The van der Waals surface area contributed by atoms with Gasteiger partial charge in [-0.15, -0.1) is 0 Å². The molecule has 0 aliphatic carbocycles. The van der Waals surface area contributed by atoms with Crippen molar-refractivity contribution in [1.29, 1.82) is 0 Å². The summed E-state index contributed by atoms with van der Waals surface area (Å²) in [6.45, 7) is 6.10. The number of nitrogens with zero attached hydrogens (tertiary/aromatic N) is 4. The van der Waals surface area contributed by atoms with Gasteiger partial charge in [-0.1, -0.05) is 6.92 Å². The molecule has 1 aromatic heterocycles. The normalized spacial score (nSPS) is 18.3. The van der Waals surface area contributed by atoms with Crippen molar-refractivity contribution in [1.82, 2.24) is 20.0 Å². The van der Waals surface area contributed by atoms with Crippen molar-refractivity contribution in [2.75, 3.05) is 32.7 Å². The van der Waals surface area contributed by atoms with Crippen LogP contribution in [0.4, 0.5) is 0 Å². The molecule has 1 aliphatic heterocycles. The Hall–Kier alpha value is -1.53. The van der Waals surface area contributed by atoms with E-state index >= 15 is 0 Å². The molecular formula is C13H21N5O. The minimum absolute atomic E-state index is 0.0374. The predicted octanol–water partition coefficient (Wildman–Crippen LogP) is -0.0283. The van der Waals surface area contributed by atoms with Crippen LogP contribution < -0.4 is 5.73 Å². The molecule has 1 saturated heterocycles. The van der Waals surface area contributed by atoms with E-state index in [9.17, 15) is 4.79 Å². The fourth-order valence-corrected chi connectivity index (χ4v) is 2.46. The first-order valence-electron chi connectivity index (χ1n) is 6.76. The molecule has 104 valence electrons. The Morgan fingerprint density at radius 3 is 2.63 bits per heavy atom. The van der Waals surface area contributed by atoms with Gasteiger partial charge in [-0.25, -0.2) is 0 Å². The Balaban J connectivity index is 1.91. The summed E-state index contributed by atoms with van der Waals surface area (Å²) in [6, 6.07) is 2.14. The maximum atomic E-state index is 12.2. The molecule has 1 aliphatic rings. The molecular weight excluding hydrogens is 242 g/mol. The summed E-state index contributed by atoms with van der Waals surface area (Å²) in [6.07, 6.45) is 4.12. The molecule has 2 rings (SSSR count). The van der Waals surface area contributed by atoms with Crippen LogP contribution >= 0.6 is 0 Å². The maximum absolute atomic E-state index is 12.2. The molecule has 1 atom stereocenters. The zero-order valence-corrected chi connectivity index (χ0v) is 11.3. The first kappa shape index (κ1) is 13.9. The average molecular weight is 263 g/mol. The van der Waals surface area contributed by atoms with E-state index in [0.717, 1.165) is 32.6 Å². The molecule has 1 amide bonds. The summed E-state index contributed by atoms with van der Waals surface area (Å²) in [5.74, 6) is 0.0374. The first-order valence-corrected chi connectivity index (χ1v) is 6.76. The summed E-state index contributed by atoms with van der Waals surface area (Å²) in [5.41, 5.74) is 6.37. The highest BCUT2D eigenvalue weighted by Gasteiger charge is 2.25. The smallest absolute Gasteiger partial charge is 0.255 e. The van der Waals surface area contributed by atoms with Crippen molar-refractivity contribution in [3.05, 3.63) is 24.0 Å². The number of carbonyl (C=O) groups excluding carboxylic acids is 1. The van der Waals surface area contributed by atoms with E-state index in [1.54, 1.807) is 12.3 Å². The van der Waals surface area contributed by atoms with Gasteiger partial charge >= 0.3 is 0 Å². The molecule has 19 heavy (non-hydrogen) atoms. The summed E-state index contributed by atoms with van der Waals surface area (Å²) >= 11 is 0. The third kappa shape index (κ3) is 3.27. The minimum Gasteiger partial charge on any atom is -0.336 e. The molecule has 0 bridgehead atoms. The van der Waals surface area contributed by atoms with Crippen LogP contribution in [0.3, 0.4) is 0 Å².